The molecule has 0 aliphatic heterocycles. The summed E-state index contributed by atoms with van der Waals surface area (Å²) in [6, 6.07) is 7.44. The third kappa shape index (κ3) is 12.1. The van der Waals surface area contributed by atoms with Crippen LogP contribution in [0.15, 0.2) is 24.3 Å². The number of rotatable bonds is 5. The van der Waals surface area contributed by atoms with Crippen molar-refractivity contribution in [3.05, 3.63) is 29.8 Å². The van der Waals surface area contributed by atoms with Gasteiger partial charge in [-0.3, -0.25) is 0 Å². The highest BCUT2D eigenvalue weighted by atomic mass is 16.5. The van der Waals surface area contributed by atoms with Gasteiger partial charge in [0.25, 0.3) is 0 Å². The Morgan fingerprint density at radius 1 is 1.17 bits per heavy atom. The molecular formula is C18H30N2O3. The summed E-state index contributed by atoms with van der Waals surface area (Å²) in [5.41, 5.74) is 1.68. The van der Waals surface area contributed by atoms with Crippen molar-refractivity contribution >= 4 is 11.7 Å². The zero-order valence-electron chi connectivity index (χ0n) is 15.2. The first-order valence-electron chi connectivity index (χ1n) is 7.51. The molecule has 0 aliphatic carbocycles. The third-order valence-corrected chi connectivity index (χ3v) is 2.61. The van der Waals surface area contributed by atoms with E-state index in [0.717, 1.165) is 18.8 Å². The van der Waals surface area contributed by atoms with E-state index in [1.807, 2.05) is 33.3 Å². The fourth-order valence-electron chi connectivity index (χ4n) is 1.45. The minimum Gasteiger partial charge on any atom is -0.465 e. The maximum Gasteiger partial charge on any atom is 0.337 e. The summed E-state index contributed by atoms with van der Waals surface area (Å²) in [4.78, 5) is 15.6. The quantitative estimate of drug-likeness (QED) is 0.667. The van der Waals surface area contributed by atoms with E-state index in [1.165, 1.54) is 19.6 Å². The molecule has 0 saturated carbocycles. The molecule has 5 heteroatoms. The van der Waals surface area contributed by atoms with Crippen molar-refractivity contribution in [2.45, 2.75) is 20.3 Å². The van der Waals surface area contributed by atoms with Gasteiger partial charge in [0.2, 0.25) is 0 Å². The van der Waals surface area contributed by atoms with E-state index in [-0.39, 0.29) is 5.97 Å². The number of methoxy groups -OCH3 is 1. The predicted molar refractivity (Wildman–Crippen MR) is 96.3 cm³/mol. The van der Waals surface area contributed by atoms with Gasteiger partial charge in [0, 0.05) is 25.8 Å². The molecule has 130 valence electrons. The van der Waals surface area contributed by atoms with E-state index in [4.69, 9.17) is 5.11 Å². The number of carbonyl (C=O) groups excluding carboxylic acids is 1. The Labute approximate surface area is 140 Å². The van der Waals surface area contributed by atoms with Crippen molar-refractivity contribution in [2.24, 2.45) is 0 Å². The van der Waals surface area contributed by atoms with Gasteiger partial charge < -0.3 is 19.6 Å². The summed E-state index contributed by atoms with van der Waals surface area (Å²) in [5, 5.41) is 7.10. The molecule has 1 aromatic rings. The number of esters is 1. The average molecular weight is 322 g/mol. The Balaban J connectivity index is 0. The van der Waals surface area contributed by atoms with Crippen LogP contribution < -0.4 is 4.90 Å². The summed E-state index contributed by atoms with van der Waals surface area (Å²) in [5.74, 6) is -0.299. The Bertz CT molecular complexity index is 450. The molecule has 1 N–H and O–H groups in total. The lowest BCUT2D eigenvalue weighted by Gasteiger charge is -2.21. The van der Waals surface area contributed by atoms with Crippen LogP contribution in [-0.4, -0.2) is 57.3 Å². The number of ether oxygens (including phenoxy) is 1. The minimum absolute atomic E-state index is 0.299. The summed E-state index contributed by atoms with van der Waals surface area (Å²) >= 11 is 0. The predicted octanol–water partition coefficient (Wildman–Crippen LogP) is 2.84. The number of terminal acetylenes is 1. The topological polar surface area (TPSA) is 53.0 Å². The Hall–Kier alpha value is -2.19. The number of hydrogen-bond donors (Lipinski definition) is 1. The Morgan fingerprint density at radius 2 is 1.61 bits per heavy atom. The molecule has 23 heavy (non-hydrogen) atoms. The van der Waals surface area contributed by atoms with Crippen LogP contribution in [0.25, 0.3) is 0 Å². The second-order valence-corrected chi connectivity index (χ2v) is 5.10. The smallest absolute Gasteiger partial charge is 0.337 e. The molecule has 1 aromatic carbocycles. The van der Waals surface area contributed by atoms with Crippen molar-refractivity contribution in [3.63, 3.8) is 0 Å². The number of likely N-dealkylation sites (N-methyl/N-ethyl adjacent to an activating group) is 2. The highest BCUT2D eigenvalue weighted by molar-refractivity contribution is 5.89. The molecule has 5 nitrogen and oxygen atoms in total. The highest BCUT2D eigenvalue weighted by Gasteiger charge is 2.06. The molecule has 0 radical (unpaired) electrons. The zero-order chi connectivity index (χ0) is 18.3. The van der Waals surface area contributed by atoms with Crippen molar-refractivity contribution in [1.29, 1.82) is 0 Å². The van der Waals surface area contributed by atoms with Crippen molar-refractivity contribution in [1.82, 2.24) is 4.90 Å². The minimum atomic E-state index is -0.299. The van der Waals surface area contributed by atoms with Crippen LogP contribution in [0, 0.1) is 12.5 Å². The lowest BCUT2D eigenvalue weighted by Crippen LogP contribution is -2.28. The van der Waals surface area contributed by atoms with Gasteiger partial charge in [0.05, 0.1) is 12.7 Å². The monoisotopic (exact) mass is 322 g/mol. The number of aliphatic hydroxyl groups excluding tert-OH is 1. The van der Waals surface area contributed by atoms with Gasteiger partial charge in [-0.1, -0.05) is 26.7 Å². The lowest BCUT2D eigenvalue weighted by molar-refractivity contribution is 0.0601. The number of carbonyl (C=O) groups is 1. The van der Waals surface area contributed by atoms with Crippen LogP contribution in [0.1, 0.15) is 30.6 Å². The number of benzene rings is 1. The lowest BCUT2D eigenvalue weighted by atomic mass is 10.2. The molecule has 0 atom stereocenters. The molecule has 0 spiro atoms. The third-order valence-electron chi connectivity index (χ3n) is 2.61. The highest BCUT2D eigenvalue weighted by Crippen LogP contribution is 2.14. The maximum atomic E-state index is 11.3. The van der Waals surface area contributed by atoms with Gasteiger partial charge in [-0.25, -0.2) is 4.79 Å². The molecule has 0 saturated heterocycles. The Kier molecular flexibility index (Phi) is 14.8. The summed E-state index contributed by atoms with van der Waals surface area (Å²) in [7, 11) is 7.53. The molecule has 0 aromatic heterocycles. The van der Waals surface area contributed by atoms with Crippen molar-refractivity contribution < 1.29 is 14.6 Å². The largest absolute Gasteiger partial charge is 0.465 e. The fourth-order valence-corrected chi connectivity index (χ4v) is 1.45. The maximum absolute atomic E-state index is 11.3. The van der Waals surface area contributed by atoms with Crippen molar-refractivity contribution in [2.75, 3.05) is 46.2 Å². The van der Waals surface area contributed by atoms with Crippen LogP contribution >= 0.6 is 0 Å². The molecule has 0 heterocycles. The molecular weight excluding hydrogens is 292 g/mol. The van der Waals surface area contributed by atoms with E-state index < -0.39 is 0 Å². The number of aliphatic hydroxyl groups is 1. The van der Waals surface area contributed by atoms with Gasteiger partial charge in [-0.05, 0) is 38.4 Å². The van der Waals surface area contributed by atoms with Crippen LogP contribution in [0.2, 0.25) is 0 Å². The summed E-state index contributed by atoms with van der Waals surface area (Å²) in [6.45, 7) is 6.19. The summed E-state index contributed by atoms with van der Waals surface area (Å²) in [6.07, 6.45) is 6.65. The van der Waals surface area contributed by atoms with Crippen LogP contribution in [-0.2, 0) is 4.74 Å². The van der Waals surface area contributed by atoms with Gasteiger partial charge >= 0.3 is 5.97 Å². The first-order valence-corrected chi connectivity index (χ1v) is 7.51. The van der Waals surface area contributed by atoms with E-state index in [9.17, 15) is 4.79 Å². The van der Waals surface area contributed by atoms with Crippen molar-refractivity contribution in [3.8, 4) is 12.5 Å². The first-order chi connectivity index (χ1) is 10.9. The van der Waals surface area contributed by atoms with Crippen LogP contribution in [0.3, 0.4) is 0 Å². The van der Waals surface area contributed by atoms with Gasteiger partial charge in [-0.15, -0.1) is 0 Å². The second-order valence-electron chi connectivity index (χ2n) is 5.10. The number of anilines is 1. The molecule has 0 amide bonds. The molecule has 0 unspecified atom stereocenters. The normalized spacial score (nSPS) is 8.78. The van der Waals surface area contributed by atoms with Crippen LogP contribution in [0.5, 0.6) is 0 Å². The van der Waals surface area contributed by atoms with Gasteiger partial charge in [-0.2, -0.15) is 0 Å². The van der Waals surface area contributed by atoms with Crippen LogP contribution in [0.4, 0.5) is 5.69 Å². The number of hydrogen-bond acceptors (Lipinski definition) is 5. The first kappa shape index (κ1) is 23.1. The van der Waals surface area contributed by atoms with E-state index >= 15 is 0 Å². The molecule has 0 bridgehead atoms. The SMILES string of the molecule is C#CO.CCC.COC(=O)c1ccc(N(C)CCN(C)C)cc1. The van der Waals surface area contributed by atoms with E-state index in [1.54, 1.807) is 12.1 Å². The van der Waals surface area contributed by atoms with Gasteiger partial charge in [0.15, 0.2) is 0 Å². The van der Waals surface area contributed by atoms with E-state index in [2.05, 4.69) is 34.8 Å². The standard InChI is InChI=1S/C13H20N2O2.C3H8.C2H2O/c1-14(2)9-10-15(3)12-7-5-11(6-8-12)13(16)17-4;1-3-2;1-2-3/h5-8H,9-10H2,1-4H3;3H2,1-2H3;1,3H. The molecule has 0 fully saturated rings. The average Bonchev–Trinajstić information content (AvgIpc) is 2.53. The van der Waals surface area contributed by atoms with Gasteiger partial charge in [0.1, 0.15) is 6.11 Å². The summed E-state index contributed by atoms with van der Waals surface area (Å²) < 4.78 is 4.66. The fraction of sp³-hybridized carbons (Fsp3) is 0.500. The zero-order valence-corrected chi connectivity index (χ0v) is 15.2. The second kappa shape index (κ2) is 14.7. The van der Waals surface area contributed by atoms with E-state index in [0.29, 0.717) is 5.56 Å². The molecule has 0 aliphatic rings. The Morgan fingerprint density at radius 3 is 1.96 bits per heavy atom. The number of nitrogens with zero attached hydrogens (tertiary/aromatic N) is 2. The molecule has 1 rings (SSSR count).